The lowest BCUT2D eigenvalue weighted by atomic mass is 9.76. The lowest BCUT2D eigenvalue weighted by molar-refractivity contribution is -0.142. The molecule has 2 heterocycles. The Labute approximate surface area is 200 Å². The fourth-order valence-corrected chi connectivity index (χ4v) is 4.59. The fraction of sp³-hybridized carbons (Fsp3) is 0.444. The molecule has 0 bridgehead atoms. The summed E-state index contributed by atoms with van der Waals surface area (Å²) in [6.07, 6.45) is 3.69. The van der Waals surface area contributed by atoms with Crippen LogP contribution in [0.3, 0.4) is 0 Å². The van der Waals surface area contributed by atoms with Gasteiger partial charge in [-0.1, -0.05) is 38.1 Å². The number of fused-ring (bicyclic) bond motifs is 3. The molecule has 7 heteroatoms. The average Bonchev–Trinajstić information content (AvgIpc) is 2.80. The molecule has 0 spiro atoms. The molecule has 34 heavy (non-hydrogen) atoms. The van der Waals surface area contributed by atoms with Crippen LogP contribution in [0.25, 0.3) is 6.08 Å². The fourth-order valence-electron chi connectivity index (χ4n) is 4.59. The first kappa shape index (κ1) is 24.3. The second-order valence-corrected chi connectivity index (χ2v) is 10.1. The van der Waals surface area contributed by atoms with Gasteiger partial charge >= 0.3 is 0 Å². The van der Waals surface area contributed by atoms with Crippen molar-refractivity contribution in [1.29, 1.82) is 0 Å². The maximum Gasteiger partial charge on any atom is 0.257 e. The molecular formula is C27H33NO6. The number of ether oxygens (including phenoxy) is 3. The minimum absolute atomic E-state index is 0.230. The summed E-state index contributed by atoms with van der Waals surface area (Å²) in [7, 11) is 2.96. The van der Waals surface area contributed by atoms with Crippen LogP contribution in [0, 0.1) is 5.41 Å². The van der Waals surface area contributed by atoms with E-state index in [1.54, 1.807) is 56.5 Å². The number of carbonyl (C=O) groups excluding carboxylic acids is 1. The van der Waals surface area contributed by atoms with E-state index in [0.717, 1.165) is 6.42 Å². The number of rotatable bonds is 3. The molecule has 3 unspecified atom stereocenters. The van der Waals surface area contributed by atoms with E-state index in [-0.39, 0.29) is 5.41 Å². The van der Waals surface area contributed by atoms with Gasteiger partial charge < -0.3 is 29.7 Å². The number of anilines is 1. The van der Waals surface area contributed by atoms with Crippen LogP contribution in [-0.2, 0) is 15.1 Å². The van der Waals surface area contributed by atoms with Crippen LogP contribution in [0.4, 0.5) is 5.69 Å². The Morgan fingerprint density at radius 1 is 1.03 bits per heavy atom. The van der Waals surface area contributed by atoms with Crippen molar-refractivity contribution >= 4 is 17.7 Å². The van der Waals surface area contributed by atoms with Crippen molar-refractivity contribution in [1.82, 2.24) is 0 Å². The highest BCUT2D eigenvalue weighted by atomic mass is 16.5. The summed E-state index contributed by atoms with van der Waals surface area (Å²) in [6.45, 7) is 6.32. The third kappa shape index (κ3) is 4.31. The zero-order chi connectivity index (χ0) is 24.7. The quantitative estimate of drug-likeness (QED) is 0.634. The van der Waals surface area contributed by atoms with Crippen molar-refractivity contribution in [2.75, 3.05) is 26.1 Å². The van der Waals surface area contributed by atoms with Crippen LogP contribution in [0.2, 0.25) is 0 Å². The normalized spacial score (nSPS) is 29.1. The van der Waals surface area contributed by atoms with Crippen molar-refractivity contribution in [3.8, 4) is 11.5 Å². The Morgan fingerprint density at radius 3 is 2.38 bits per heavy atom. The topological polar surface area (TPSA) is 97.3 Å². The van der Waals surface area contributed by atoms with Gasteiger partial charge in [0.1, 0.15) is 11.5 Å². The monoisotopic (exact) mass is 467 g/mol. The molecule has 3 N–H and O–H groups in total. The molecule has 2 aliphatic heterocycles. The summed E-state index contributed by atoms with van der Waals surface area (Å²) in [5.41, 5.74) is -1.01. The number of methoxy groups -OCH3 is 2. The van der Waals surface area contributed by atoms with E-state index in [0.29, 0.717) is 46.9 Å². The van der Waals surface area contributed by atoms with Gasteiger partial charge in [0.25, 0.3) is 5.91 Å². The van der Waals surface area contributed by atoms with Crippen LogP contribution >= 0.6 is 0 Å². The molecule has 2 aromatic rings. The minimum Gasteiger partial charge on any atom is -0.497 e. The van der Waals surface area contributed by atoms with Gasteiger partial charge in [-0.2, -0.15) is 0 Å². The molecule has 0 aromatic heterocycles. The summed E-state index contributed by atoms with van der Waals surface area (Å²) < 4.78 is 17.2. The van der Waals surface area contributed by atoms with E-state index < -0.39 is 23.2 Å². The Hall–Kier alpha value is -2.87. The van der Waals surface area contributed by atoms with Crippen LogP contribution in [0.1, 0.15) is 50.3 Å². The lowest BCUT2D eigenvalue weighted by Gasteiger charge is -2.41. The summed E-state index contributed by atoms with van der Waals surface area (Å²) in [6, 6.07) is 10.5. The van der Waals surface area contributed by atoms with Gasteiger partial charge in [-0.25, -0.2) is 0 Å². The van der Waals surface area contributed by atoms with Crippen molar-refractivity contribution in [2.45, 2.75) is 50.9 Å². The number of amides is 1. The number of nitrogens with one attached hydrogen (secondary N) is 1. The van der Waals surface area contributed by atoms with E-state index in [9.17, 15) is 15.0 Å². The second kappa shape index (κ2) is 8.73. The number of aliphatic hydroxyl groups is 2. The second-order valence-electron chi connectivity index (χ2n) is 10.1. The third-order valence-corrected chi connectivity index (χ3v) is 6.75. The van der Waals surface area contributed by atoms with E-state index in [1.165, 1.54) is 7.11 Å². The number of benzene rings is 2. The first-order chi connectivity index (χ1) is 16.0. The zero-order valence-electron chi connectivity index (χ0n) is 20.3. The Bertz CT molecular complexity index is 1100. The molecule has 7 nitrogen and oxygen atoms in total. The Kier molecular flexibility index (Phi) is 6.23. The predicted octanol–water partition coefficient (Wildman–Crippen LogP) is 3.86. The van der Waals surface area contributed by atoms with Crippen LogP contribution in [-0.4, -0.2) is 48.7 Å². The molecule has 0 fully saturated rings. The lowest BCUT2D eigenvalue weighted by Crippen LogP contribution is -2.53. The highest BCUT2D eigenvalue weighted by Crippen LogP contribution is 2.49. The van der Waals surface area contributed by atoms with Gasteiger partial charge in [-0.3, -0.25) is 4.79 Å². The summed E-state index contributed by atoms with van der Waals surface area (Å²) in [5.74, 6) is 0.618. The molecular weight excluding hydrogens is 434 g/mol. The van der Waals surface area contributed by atoms with Gasteiger partial charge in [-0.15, -0.1) is 0 Å². The molecule has 1 amide bonds. The van der Waals surface area contributed by atoms with Crippen LogP contribution in [0.15, 0.2) is 42.5 Å². The molecule has 0 aliphatic carbocycles. The molecule has 182 valence electrons. The summed E-state index contributed by atoms with van der Waals surface area (Å²) in [5, 5.41) is 26.0. The number of hydrogen-bond acceptors (Lipinski definition) is 6. The molecule has 2 aliphatic rings. The van der Waals surface area contributed by atoms with E-state index in [2.05, 4.69) is 19.2 Å². The van der Waals surface area contributed by atoms with E-state index in [4.69, 9.17) is 14.2 Å². The molecule has 0 radical (unpaired) electrons. The molecule has 0 saturated heterocycles. The van der Waals surface area contributed by atoms with Gasteiger partial charge in [0, 0.05) is 12.7 Å². The summed E-state index contributed by atoms with van der Waals surface area (Å²) >= 11 is 0. The standard InChI is InChI=1S/C27H33NO6/c1-25(2)14-15-26(3,30)13-12-17-6-11-20-21(22(17)34-16-25)27(31,23(33-5)24(29)28-20)18-7-9-19(32-4)10-8-18/h6-13,23,30-31H,14-16H2,1-5H3,(H,28,29)/b13-12+. The van der Waals surface area contributed by atoms with Crippen molar-refractivity contribution in [3.05, 3.63) is 59.2 Å². The maximum absolute atomic E-state index is 13.0. The largest absolute Gasteiger partial charge is 0.497 e. The first-order valence-corrected chi connectivity index (χ1v) is 11.4. The van der Waals surface area contributed by atoms with Crippen LogP contribution < -0.4 is 14.8 Å². The number of hydrogen-bond donors (Lipinski definition) is 3. The Balaban J connectivity index is 1.98. The molecule has 4 rings (SSSR count). The van der Waals surface area contributed by atoms with Crippen LogP contribution in [0.5, 0.6) is 11.5 Å². The molecule has 2 aromatic carbocycles. The van der Waals surface area contributed by atoms with Gasteiger partial charge in [0.05, 0.1) is 30.6 Å². The first-order valence-electron chi connectivity index (χ1n) is 11.4. The zero-order valence-corrected chi connectivity index (χ0v) is 20.3. The minimum atomic E-state index is -1.82. The predicted molar refractivity (Wildman–Crippen MR) is 130 cm³/mol. The molecule has 3 atom stereocenters. The highest BCUT2D eigenvalue weighted by Gasteiger charge is 2.52. The SMILES string of the molecule is COc1ccc(C2(O)c3c(ccc4c3OCC(C)(C)CCC(C)(O)/C=C/4)NC(=O)C2OC)cc1. The van der Waals surface area contributed by atoms with Crippen molar-refractivity contribution in [3.63, 3.8) is 0 Å². The maximum atomic E-state index is 13.0. The number of carbonyl (C=O) groups is 1. The van der Waals surface area contributed by atoms with E-state index in [1.807, 2.05) is 6.07 Å². The van der Waals surface area contributed by atoms with Gasteiger partial charge in [-0.05, 0) is 55.0 Å². The molecule has 0 saturated carbocycles. The van der Waals surface area contributed by atoms with Crippen molar-refractivity contribution < 1.29 is 29.2 Å². The average molecular weight is 468 g/mol. The third-order valence-electron chi connectivity index (χ3n) is 6.75. The smallest absolute Gasteiger partial charge is 0.257 e. The summed E-state index contributed by atoms with van der Waals surface area (Å²) in [4.78, 5) is 13.0. The van der Waals surface area contributed by atoms with E-state index >= 15 is 0 Å². The highest BCUT2D eigenvalue weighted by molar-refractivity contribution is 6.00. The van der Waals surface area contributed by atoms with Gasteiger partial charge in [0.15, 0.2) is 11.7 Å². The Morgan fingerprint density at radius 2 is 1.74 bits per heavy atom. The van der Waals surface area contributed by atoms with Crippen molar-refractivity contribution in [2.24, 2.45) is 5.41 Å². The van der Waals surface area contributed by atoms with Gasteiger partial charge in [0.2, 0.25) is 0 Å².